The van der Waals surface area contributed by atoms with Crippen LogP contribution >= 0.6 is 0 Å². The van der Waals surface area contributed by atoms with Crippen molar-refractivity contribution in [2.24, 2.45) is 11.8 Å². The van der Waals surface area contributed by atoms with Crippen molar-refractivity contribution in [2.75, 3.05) is 32.0 Å². The van der Waals surface area contributed by atoms with Crippen LogP contribution in [0.3, 0.4) is 0 Å². The second kappa shape index (κ2) is 8.24. The smallest absolute Gasteiger partial charge is 0.253 e. The Labute approximate surface area is 142 Å². The third-order valence-corrected chi connectivity index (χ3v) is 4.15. The molecule has 0 radical (unpaired) electrons. The molecule has 0 bridgehead atoms. The quantitative estimate of drug-likeness (QED) is 0.840. The number of benzene rings is 1. The van der Waals surface area contributed by atoms with E-state index >= 15 is 0 Å². The number of hydrogen-bond acceptors (Lipinski definition) is 3. The summed E-state index contributed by atoms with van der Waals surface area (Å²) in [7, 11) is 1.90. The molecule has 5 nitrogen and oxygen atoms in total. The summed E-state index contributed by atoms with van der Waals surface area (Å²) in [4.78, 5) is 26.0. The Hall–Kier alpha value is -1.95. The van der Waals surface area contributed by atoms with E-state index < -0.39 is 5.82 Å². The second-order valence-electron chi connectivity index (χ2n) is 6.80. The molecule has 1 unspecified atom stereocenters. The van der Waals surface area contributed by atoms with Crippen LogP contribution in [0.2, 0.25) is 0 Å². The number of halogens is 1. The van der Waals surface area contributed by atoms with Gasteiger partial charge in [0.25, 0.3) is 5.91 Å². The van der Waals surface area contributed by atoms with Crippen molar-refractivity contribution in [3.05, 3.63) is 29.6 Å². The van der Waals surface area contributed by atoms with Crippen LogP contribution in [-0.2, 0) is 4.79 Å². The molecular formula is C18H26FN3O2. The number of hydrogen-bond donors (Lipinski definition) is 2. The van der Waals surface area contributed by atoms with Crippen molar-refractivity contribution in [1.29, 1.82) is 0 Å². The van der Waals surface area contributed by atoms with E-state index in [1.165, 1.54) is 12.1 Å². The molecule has 6 heteroatoms. The Morgan fingerprint density at radius 2 is 2.12 bits per heavy atom. The minimum Gasteiger partial charge on any atom is -0.338 e. The van der Waals surface area contributed by atoms with Gasteiger partial charge in [-0.1, -0.05) is 13.8 Å². The fourth-order valence-corrected chi connectivity index (χ4v) is 2.98. The molecule has 132 valence electrons. The monoisotopic (exact) mass is 335 g/mol. The van der Waals surface area contributed by atoms with E-state index in [4.69, 9.17) is 0 Å². The van der Waals surface area contributed by atoms with Gasteiger partial charge in [0.2, 0.25) is 5.91 Å². The largest absolute Gasteiger partial charge is 0.338 e. The third kappa shape index (κ3) is 4.77. The van der Waals surface area contributed by atoms with E-state index in [2.05, 4.69) is 10.6 Å². The summed E-state index contributed by atoms with van der Waals surface area (Å²) in [5.41, 5.74) is 0.436. The summed E-state index contributed by atoms with van der Waals surface area (Å²) >= 11 is 0. The average molecular weight is 335 g/mol. The van der Waals surface area contributed by atoms with Gasteiger partial charge in [-0.05, 0) is 50.0 Å². The first-order valence-electron chi connectivity index (χ1n) is 8.44. The lowest BCUT2D eigenvalue weighted by atomic mass is 10.1. The molecule has 24 heavy (non-hydrogen) atoms. The summed E-state index contributed by atoms with van der Waals surface area (Å²) in [5.74, 6) is -0.318. The van der Waals surface area contributed by atoms with Gasteiger partial charge in [0.1, 0.15) is 5.82 Å². The Bertz CT molecular complexity index is 604. The summed E-state index contributed by atoms with van der Waals surface area (Å²) < 4.78 is 14.2. The maximum absolute atomic E-state index is 14.2. The summed E-state index contributed by atoms with van der Waals surface area (Å²) in [6, 6.07) is 4.24. The molecule has 1 atom stereocenters. The maximum Gasteiger partial charge on any atom is 0.253 e. The molecule has 1 saturated heterocycles. The van der Waals surface area contributed by atoms with Gasteiger partial charge in [0, 0.05) is 25.1 Å². The predicted octanol–water partition coefficient (Wildman–Crippen LogP) is 2.49. The van der Waals surface area contributed by atoms with E-state index in [9.17, 15) is 14.0 Å². The zero-order chi connectivity index (χ0) is 17.7. The molecule has 1 aromatic rings. The van der Waals surface area contributed by atoms with Crippen molar-refractivity contribution in [2.45, 2.75) is 26.7 Å². The van der Waals surface area contributed by atoms with Gasteiger partial charge >= 0.3 is 0 Å². The van der Waals surface area contributed by atoms with Gasteiger partial charge in [-0.25, -0.2) is 4.39 Å². The zero-order valence-electron chi connectivity index (χ0n) is 14.6. The molecule has 0 saturated carbocycles. The molecule has 1 aliphatic rings. The van der Waals surface area contributed by atoms with Crippen LogP contribution in [0.15, 0.2) is 18.2 Å². The predicted molar refractivity (Wildman–Crippen MR) is 92.4 cm³/mol. The van der Waals surface area contributed by atoms with Crippen LogP contribution < -0.4 is 10.6 Å². The molecule has 2 rings (SSSR count). The first kappa shape index (κ1) is 18.4. The van der Waals surface area contributed by atoms with Crippen molar-refractivity contribution < 1.29 is 14.0 Å². The topological polar surface area (TPSA) is 61.4 Å². The highest BCUT2D eigenvalue weighted by atomic mass is 19.1. The number of likely N-dealkylation sites (tertiary alicyclic amines) is 1. The fourth-order valence-electron chi connectivity index (χ4n) is 2.98. The van der Waals surface area contributed by atoms with Crippen LogP contribution in [0, 0.1) is 17.7 Å². The molecule has 2 amide bonds. The number of carbonyl (C=O) groups is 2. The number of carbonyl (C=O) groups excluding carboxylic acids is 2. The van der Waals surface area contributed by atoms with Crippen LogP contribution in [0.1, 0.15) is 37.0 Å². The highest BCUT2D eigenvalue weighted by Crippen LogP contribution is 2.21. The van der Waals surface area contributed by atoms with Gasteiger partial charge in [-0.15, -0.1) is 0 Å². The Balaban J connectivity index is 2.01. The Morgan fingerprint density at radius 3 is 2.75 bits per heavy atom. The maximum atomic E-state index is 14.2. The van der Waals surface area contributed by atoms with Gasteiger partial charge in [-0.3, -0.25) is 9.59 Å². The van der Waals surface area contributed by atoms with Crippen LogP contribution in [0.4, 0.5) is 10.1 Å². The van der Waals surface area contributed by atoms with E-state index in [0.29, 0.717) is 31.0 Å². The van der Waals surface area contributed by atoms with Crippen molar-refractivity contribution in [1.82, 2.24) is 10.2 Å². The first-order valence-corrected chi connectivity index (χ1v) is 8.44. The first-order chi connectivity index (χ1) is 11.4. The lowest BCUT2D eigenvalue weighted by Crippen LogP contribution is -2.30. The van der Waals surface area contributed by atoms with Crippen LogP contribution in [-0.4, -0.2) is 43.4 Å². The zero-order valence-corrected chi connectivity index (χ0v) is 14.6. The second-order valence-corrected chi connectivity index (χ2v) is 6.80. The van der Waals surface area contributed by atoms with Crippen LogP contribution in [0.25, 0.3) is 0 Å². The van der Waals surface area contributed by atoms with E-state index in [-0.39, 0.29) is 23.4 Å². The van der Waals surface area contributed by atoms with Gasteiger partial charge in [0.15, 0.2) is 0 Å². The number of nitrogens with zero attached hydrogens (tertiary/aromatic N) is 1. The molecular weight excluding hydrogens is 309 g/mol. The van der Waals surface area contributed by atoms with Crippen LogP contribution in [0.5, 0.6) is 0 Å². The minimum absolute atomic E-state index is 0.117. The fraction of sp³-hybridized carbons (Fsp3) is 0.556. The van der Waals surface area contributed by atoms with Crippen molar-refractivity contribution in [3.63, 3.8) is 0 Å². The summed E-state index contributed by atoms with van der Waals surface area (Å²) in [5, 5.41) is 5.67. The number of anilines is 1. The van der Waals surface area contributed by atoms with E-state index in [1.807, 2.05) is 20.9 Å². The molecule has 1 fully saturated rings. The molecule has 1 aromatic carbocycles. The SMILES string of the molecule is CNCC1CCN(C(=O)c2ccc(NC(=O)CC(C)C)c(F)c2)C1. The molecule has 0 aromatic heterocycles. The lowest BCUT2D eigenvalue weighted by Gasteiger charge is -2.17. The molecule has 2 N–H and O–H groups in total. The average Bonchev–Trinajstić information content (AvgIpc) is 2.97. The Kier molecular flexibility index (Phi) is 6.31. The van der Waals surface area contributed by atoms with E-state index in [0.717, 1.165) is 13.0 Å². The summed E-state index contributed by atoms with van der Waals surface area (Å²) in [6.45, 7) is 6.11. The molecule has 1 heterocycles. The van der Waals surface area contributed by atoms with Gasteiger partial charge in [0.05, 0.1) is 5.69 Å². The van der Waals surface area contributed by atoms with Crippen molar-refractivity contribution >= 4 is 17.5 Å². The van der Waals surface area contributed by atoms with Gasteiger partial charge in [-0.2, -0.15) is 0 Å². The molecule has 0 spiro atoms. The molecule has 0 aliphatic carbocycles. The highest BCUT2D eigenvalue weighted by molar-refractivity contribution is 5.96. The lowest BCUT2D eigenvalue weighted by molar-refractivity contribution is -0.116. The summed E-state index contributed by atoms with van der Waals surface area (Å²) in [6.07, 6.45) is 1.29. The minimum atomic E-state index is -0.580. The van der Waals surface area contributed by atoms with Gasteiger partial charge < -0.3 is 15.5 Å². The van der Waals surface area contributed by atoms with E-state index in [1.54, 1.807) is 11.0 Å². The number of amides is 2. The van der Waals surface area contributed by atoms with Crippen molar-refractivity contribution in [3.8, 4) is 0 Å². The third-order valence-electron chi connectivity index (χ3n) is 4.15. The Morgan fingerprint density at radius 1 is 1.38 bits per heavy atom. The standard InChI is InChI=1S/C18H26FN3O2/c1-12(2)8-17(23)21-16-5-4-14(9-15(16)19)18(24)22-7-6-13(11-22)10-20-3/h4-5,9,12-13,20H,6-8,10-11H2,1-3H3,(H,21,23). The highest BCUT2D eigenvalue weighted by Gasteiger charge is 2.26. The number of nitrogens with one attached hydrogen (secondary N) is 2. The normalized spacial score (nSPS) is 17.4. The molecule has 1 aliphatic heterocycles. The number of rotatable bonds is 6.